The van der Waals surface area contributed by atoms with Crippen LogP contribution in [0.3, 0.4) is 0 Å². The Hall–Kier alpha value is -1.68. The van der Waals surface area contributed by atoms with Crippen LogP contribution in [0.25, 0.3) is 0 Å². The zero-order valence-corrected chi connectivity index (χ0v) is 10.5. The molecule has 0 spiro atoms. The molecule has 0 saturated carbocycles. The van der Waals surface area contributed by atoms with Crippen LogP contribution in [0.15, 0.2) is 24.4 Å². The first-order chi connectivity index (χ1) is 8.16. The molecule has 5 heteroatoms. The molecule has 0 amide bonds. The van der Waals surface area contributed by atoms with Gasteiger partial charge >= 0.3 is 0 Å². The zero-order chi connectivity index (χ0) is 12.3. The molecule has 0 saturated heterocycles. The van der Waals surface area contributed by atoms with Crippen LogP contribution in [0.2, 0.25) is 5.28 Å². The molecule has 2 heterocycles. The number of nitrogens with one attached hydrogen (secondary N) is 1. The Balaban J connectivity index is 2.14. The van der Waals surface area contributed by atoms with E-state index in [1.807, 2.05) is 32.0 Å². The van der Waals surface area contributed by atoms with Gasteiger partial charge in [0, 0.05) is 17.5 Å². The van der Waals surface area contributed by atoms with Crippen molar-refractivity contribution in [3.63, 3.8) is 0 Å². The predicted octanol–water partition coefficient (Wildman–Crippen LogP) is 2.75. The fraction of sp³-hybridized carbons (Fsp3) is 0.250. The number of nitrogens with zero attached hydrogens (tertiary/aromatic N) is 3. The topological polar surface area (TPSA) is 50.7 Å². The summed E-state index contributed by atoms with van der Waals surface area (Å²) in [4.78, 5) is 12.5. The maximum absolute atomic E-state index is 5.83. The molecule has 0 aliphatic rings. The summed E-state index contributed by atoms with van der Waals surface area (Å²) in [5.41, 5.74) is 2.85. The Labute approximate surface area is 105 Å². The second kappa shape index (κ2) is 5.10. The van der Waals surface area contributed by atoms with E-state index in [0.29, 0.717) is 6.54 Å². The Morgan fingerprint density at radius 3 is 2.76 bits per heavy atom. The van der Waals surface area contributed by atoms with E-state index >= 15 is 0 Å². The lowest BCUT2D eigenvalue weighted by Crippen LogP contribution is -2.06. The van der Waals surface area contributed by atoms with Crippen LogP contribution < -0.4 is 5.32 Å². The number of halogens is 1. The van der Waals surface area contributed by atoms with Crippen LogP contribution >= 0.6 is 11.6 Å². The molecule has 0 fully saturated rings. The van der Waals surface area contributed by atoms with Crippen molar-refractivity contribution in [1.29, 1.82) is 0 Å². The van der Waals surface area contributed by atoms with Crippen molar-refractivity contribution in [1.82, 2.24) is 15.0 Å². The van der Waals surface area contributed by atoms with Gasteiger partial charge in [-0.2, -0.15) is 0 Å². The smallest absolute Gasteiger partial charge is 0.224 e. The van der Waals surface area contributed by atoms with Crippen LogP contribution in [0.5, 0.6) is 0 Å². The van der Waals surface area contributed by atoms with Gasteiger partial charge in [-0.1, -0.05) is 6.07 Å². The molecule has 0 radical (unpaired) electrons. The number of aryl methyl sites for hydroxylation is 1. The standard InChI is InChI=1S/C12H13ClN4/c1-8-9(2)16-12(13)17-11(8)15-7-10-5-3-4-6-14-10/h3-6H,7H2,1-2H3,(H,15,16,17). The van der Waals surface area contributed by atoms with E-state index in [0.717, 1.165) is 22.8 Å². The number of anilines is 1. The van der Waals surface area contributed by atoms with Crippen molar-refractivity contribution in [3.05, 3.63) is 46.6 Å². The lowest BCUT2D eigenvalue weighted by Gasteiger charge is -2.09. The van der Waals surface area contributed by atoms with Crippen molar-refractivity contribution >= 4 is 17.4 Å². The van der Waals surface area contributed by atoms with Gasteiger partial charge in [-0.05, 0) is 37.6 Å². The normalized spacial score (nSPS) is 10.3. The number of rotatable bonds is 3. The highest BCUT2D eigenvalue weighted by Gasteiger charge is 2.06. The summed E-state index contributed by atoms with van der Waals surface area (Å²) in [6.07, 6.45) is 1.77. The van der Waals surface area contributed by atoms with Gasteiger partial charge in [0.2, 0.25) is 5.28 Å². The highest BCUT2D eigenvalue weighted by atomic mass is 35.5. The summed E-state index contributed by atoms with van der Waals surface area (Å²) < 4.78 is 0. The SMILES string of the molecule is Cc1nc(Cl)nc(NCc2ccccn2)c1C. The minimum absolute atomic E-state index is 0.261. The van der Waals surface area contributed by atoms with E-state index in [1.54, 1.807) is 6.20 Å². The molecule has 2 aromatic rings. The maximum Gasteiger partial charge on any atom is 0.224 e. The summed E-state index contributed by atoms with van der Waals surface area (Å²) >= 11 is 5.83. The largest absolute Gasteiger partial charge is 0.364 e. The number of hydrogen-bond donors (Lipinski definition) is 1. The summed E-state index contributed by atoms with van der Waals surface area (Å²) in [5.74, 6) is 0.758. The fourth-order valence-electron chi connectivity index (χ4n) is 1.44. The van der Waals surface area contributed by atoms with Crippen LogP contribution in [-0.2, 0) is 6.54 Å². The molecule has 1 N–H and O–H groups in total. The van der Waals surface area contributed by atoms with Crippen molar-refractivity contribution in [2.75, 3.05) is 5.32 Å². The molecule has 88 valence electrons. The molecule has 0 unspecified atom stereocenters. The fourth-order valence-corrected chi connectivity index (χ4v) is 1.66. The number of pyridine rings is 1. The molecule has 0 aliphatic carbocycles. The second-order valence-electron chi connectivity index (χ2n) is 3.73. The van der Waals surface area contributed by atoms with E-state index in [4.69, 9.17) is 11.6 Å². The van der Waals surface area contributed by atoms with E-state index in [-0.39, 0.29) is 5.28 Å². The summed E-state index contributed by atoms with van der Waals surface area (Å²) in [6, 6.07) is 5.80. The first-order valence-corrected chi connectivity index (χ1v) is 5.69. The average Bonchev–Trinajstić information content (AvgIpc) is 2.33. The predicted molar refractivity (Wildman–Crippen MR) is 68.1 cm³/mol. The van der Waals surface area contributed by atoms with Crippen LogP contribution in [0, 0.1) is 13.8 Å². The molecule has 4 nitrogen and oxygen atoms in total. The third-order valence-electron chi connectivity index (χ3n) is 2.53. The van der Waals surface area contributed by atoms with Crippen LogP contribution in [-0.4, -0.2) is 15.0 Å². The van der Waals surface area contributed by atoms with Crippen molar-refractivity contribution in [3.8, 4) is 0 Å². The molecular weight excluding hydrogens is 236 g/mol. The lowest BCUT2D eigenvalue weighted by molar-refractivity contribution is 0.994. The van der Waals surface area contributed by atoms with E-state index in [1.165, 1.54) is 0 Å². The monoisotopic (exact) mass is 248 g/mol. The average molecular weight is 249 g/mol. The van der Waals surface area contributed by atoms with Gasteiger partial charge in [0.1, 0.15) is 5.82 Å². The molecule has 2 aromatic heterocycles. The Morgan fingerprint density at radius 2 is 2.06 bits per heavy atom. The van der Waals surface area contributed by atoms with Gasteiger partial charge < -0.3 is 5.32 Å². The van der Waals surface area contributed by atoms with Crippen molar-refractivity contribution in [2.24, 2.45) is 0 Å². The van der Waals surface area contributed by atoms with Crippen molar-refractivity contribution < 1.29 is 0 Å². The summed E-state index contributed by atoms with van der Waals surface area (Å²) in [7, 11) is 0. The van der Waals surface area contributed by atoms with Crippen molar-refractivity contribution in [2.45, 2.75) is 20.4 Å². The third kappa shape index (κ3) is 2.91. The molecule has 2 rings (SSSR count). The van der Waals surface area contributed by atoms with Gasteiger partial charge in [-0.3, -0.25) is 4.98 Å². The van der Waals surface area contributed by atoms with Crippen LogP contribution in [0.4, 0.5) is 5.82 Å². The number of aromatic nitrogens is 3. The maximum atomic E-state index is 5.83. The summed E-state index contributed by atoms with van der Waals surface area (Å²) in [6.45, 7) is 4.50. The van der Waals surface area contributed by atoms with Gasteiger partial charge in [0.25, 0.3) is 0 Å². The molecular formula is C12H13ClN4. The molecule has 0 aliphatic heterocycles. The quantitative estimate of drug-likeness (QED) is 0.849. The van der Waals surface area contributed by atoms with Crippen LogP contribution in [0.1, 0.15) is 17.0 Å². The van der Waals surface area contributed by atoms with E-state index in [2.05, 4.69) is 20.3 Å². The molecule has 0 atom stereocenters. The molecule has 0 bridgehead atoms. The van der Waals surface area contributed by atoms with Gasteiger partial charge in [0.15, 0.2) is 0 Å². The molecule has 17 heavy (non-hydrogen) atoms. The van der Waals surface area contributed by atoms with Gasteiger partial charge in [0.05, 0.1) is 12.2 Å². The highest BCUT2D eigenvalue weighted by molar-refractivity contribution is 6.28. The second-order valence-corrected chi connectivity index (χ2v) is 4.06. The lowest BCUT2D eigenvalue weighted by atomic mass is 10.2. The highest BCUT2D eigenvalue weighted by Crippen LogP contribution is 2.17. The minimum Gasteiger partial charge on any atom is -0.364 e. The summed E-state index contributed by atoms with van der Waals surface area (Å²) in [5, 5.41) is 3.47. The first kappa shape index (κ1) is 11.8. The van der Waals surface area contributed by atoms with E-state index < -0.39 is 0 Å². The zero-order valence-electron chi connectivity index (χ0n) is 9.74. The third-order valence-corrected chi connectivity index (χ3v) is 2.69. The number of hydrogen-bond acceptors (Lipinski definition) is 4. The molecule has 0 aromatic carbocycles. The Morgan fingerprint density at radius 1 is 1.24 bits per heavy atom. The Bertz CT molecular complexity index is 513. The van der Waals surface area contributed by atoms with Gasteiger partial charge in [-0.25, -0.2) is 9.97 Å². The first-order valence-electron chi connectivity index (χ1n) is 5.31. The van der Waals surface area contributed by atoms with E-state index in [9.17, 15) is 0 Å². The minimum atomic E-state index is 0.261. The Kier molecular flexibility index (Phi) is 3.54. The van der Waals surface area contributed by atoms with Gasteiger partial charge in [-0.15, -0.1) is 0 Å².